The van der Waals surface area contributed by atoms with E-state index in [1.807, 2.05) is 20.8 Å². The fourth-order valence-electron chi connectivity index (χ4n) is 1.98. The summed E-state index contributed by atoms with van der Waals surface area (Å²) in [5.41, 5.74) is 0.201. The van der Waals surface area contributed by atoms with Crippen LogP contribution in [0.3, 0.4) is 0 Å². The minimum atomic E-state index is -3.65. The second kappa shape index (κ2) is 6.42. The zero-order valence-electron chi connectivity index (χ0n) is 13.6. The third-order valence-electron chi connectivity index (χ3n) is 4.05. The first-order chi connectivity index (χ1) is 9.57. The Hall–Kier alpha value is -0.980. The van der Waals surface area contributed by atoms with Gasteiger partial charge in [0.25, 0.3) is 0 Å². The molecule has 4 nitrogen and oxygen atoms in total. The number of benzene rings is 1. The first-order valence-corrected chi connectivity index (χ1v) is 8.44. The Balaban J connectivity index is 3.39. The molecule has 0 aliphatic rings. The van der Waals surface area contributed by atoms with Gasteiger partial charge in [-0.05, 0) is 51.9 Å². The van der Waals surface area contributed by atoms with Gasteiger partial charge in [-0.25, -0.2) is 12.8 Å². The molecule has 0 amide bonds. The van der Waals surface area contributed by atoms with E-state index in [1.165, 1.54) is 16.4 Å². The van der Waals surface area contributed by atoms with Crippen LogP contribution < -0.4 is 5.32 Å². The number of nitrogens with zero attached hydrogens (tertiary/aromatic N) is 1. The highest BCUT2D eigenvalue weighted by Crippen LogP contribution is 2.27. The summed E-state index contributed by atoms with van der Waals surface area (Å²) in [6.45, 7) is 7.55. The topological polar surface area (TPSA) is 49.4 Å². The molecule has 21 heavy (non-hydrogen) atoms. The van der Waals surface area contributed by atoms with Gasteiger partial charge in [0.1, 0.15) is 5.82 Å². The maximum absolute atomic E-state index is 14.0. The van der Waals surface area contributed by atoms with Gasteiger partial charge < -0.3 is 5.32 Å². The summed E-state index contributed by atoms with van der Waals surface area (Å²) in [4.78, 5) is 0.135. The van der Waals surface area contributed by atoms with Crippen molar-refractivity contribution in [3.05, 3.63) is 29.1 Å². The fourth-order valence-corrected chi connectivity index (χ4v) is 3.69. The lowest BCUT2D eigenvalue weighted by Gasteiger charge is -2.33. The van der Waals surface area contributed by atoms with Crippen molar-refractivity contribution in [2.24, 2.45) is 0 Å². The number of sulfonamides is 1. The lowest BCUT2D eigenvalue weighted by molar-refractivity contribution is 0.257. The molecule has 0 spiro atoms. The summed E-state index contributed by atoms with van der Waals surface area (Å²) in [5.74, 6) is -0.360. The Bertz CT molecular complexity index is 612. The first kappa shape index (κ1) is 18.1. The van der Waals surface area contributed by atoms with Crippen LogP contribution in [0, 0.1) is 12.7 Å². The van der Waals surface area contributed by atoms with Gasteiger partial charge in [0.2, 0.25) is 10.0 Å². The third kappa shape index (κ3) is 3.62. The van der Waals surface area contributed by atoms with E-state index in [4.69, 9.17) is 0 Å². The van der Waals surface area contributed by atoms with Crippen LogP contribution in [-0.4, -0.2) is 32.4 Å². The van der Waals surface area contributed by atoms with Crippen molar-refractivity contribution in [3.8, 4) is 0 Å². The molecule has 1 aromatic rings. The molecule has 120 valence electrons. The average molecular weight is 316 g/mol. The Kier molecular flexibility index (Phi) is 5.52. The molecular weight excluding hydrogens is 291 g/mol. The molecule has 0 aliphatic carbocycles. The van der Waals surface area contributed by atoms with E-state index in [-0.39, 0.29) is 17.3 Å². The van der Waals surface area contributed by atoms with Crippen LogP contribution in [0.15, 0.2) is 17.0 Å². The van der Waals surface area contributed by atoms with E-state index in [0.717, 1.165) is 0 Å². The first-order valence-electron chi connectivity index (χ1n) is 7.00. The molecule has 0 fully saturated rings. The zero-order chi connectivity index (χ0) is 16.4. The number of rotatable bonds is 6. The van der Waals surface area contributed by atoms with Crippen molar-refractivity contribution in [2.45, 2.75) is 51.1 Å². The molecule has 1 aromatic carbocycles. The second-order valence-corrected chi connectivity index (χ2v) is 7.85. The quantitative estimate of drug-likeness (QED) is 0.878. The predicted molar refractivity (Wildman–Crippen MR) is 83.2 cm³/mol. The Labute approximate surface area is 127 Å². The lowest BCUT2D eigenvalue weighted by atomic mass is 10.0. The van der Waals surface area contributed by atoms with E-state index in [2.05, 4.69) is 5.32 Å². The highest BCUT2D eigenvalue weighted by molar-refractivity contribution is 7.89. The van der Waals surface area contributed by atoms with E-state index < -0.39 is 15.6 Å². The van der Waals surface area contributed by atoms with E-state index in [1.54, 1.807) is 21.0 Å². The van der Waals surface area contributed by atoms with Gasteiger partial charge in [-0.3, -0.25) is 0 Å². The smallest absolute Gasteiger partial charge is 0.243 e. The van der Waals surface area contributed by atoms with Crippen molar-refractivity contribution >= 4 is 10.0 Å². The third-order valence-corrected chi connectivity index (χ3v) is 6.09. The van der Waals surface area contributed by atoms with E-state index in [0.29, 0.717) is 17.5 Å². The molecule has 0 aromatic heterocycles. The van der Waals surface area contributed by atoms with Crippen molar-refractivity contribution in [3.63, 3.8) is 0 Å². The summed E-state index contributed by atoms with van der Waals surface area (Å²) in [6, 6.07) is 2.81. The molecule has 1 N–H and O–H groups in total. The Morgan fingerprint density at radius 2 is 1.90 bits per heavy atom. The van der Waals surface area contributed by atoms with Gasteiger partial charge in [-0.2, -0.15) is 4.31 Å². The molecule has 0 atom stereocenters. The van der Waals surface area contributed by atoms with Crippen molar-refractivity contribution in [2.75, 3.05) is 14.1 Å². The number of hydrogen-bond donors (Lipinski definition) is 1. The van der Waals surface area contributed by atoms with Crippen LogP contribution in [0.4, 0.5) is 4.39 Å². The highest BCUT2D eigenvalue weighted by Gasteiger charge is 2.33. The normalized spacial score (nSPS) is 13.0. The van der Waals surface area contributed by atoms with Crippen LogP contribution in [0.5, 0.6) is 0 Å². The number of nitrogens with one attached hydrogen (secondary N) is 1. The summed E-state index contributed by atoms with van der Waals surface area (Å²) >= 11 is 0. The largest absolute Gasteiger partial charge is 0.316 e. The average Bonchev–Trinajstić information content (AvgIpc) is 2.42. The van der Waals surface area contributed by atoms with E-state index >= 15 is 0 Å². The molecule has 0 heterocycles. The van der Waals surface area contributed by atoms with Crippen LogP contribution in [-0.2, 0) is 16.6 Å². The van der Waals surface area contributed by atoms with Crippen molar-refractivity contribution in [1.82, 2.24) is 9.62 Å². The highest BCUT2D eigenvalue weighted by atomic mass is 32.2. The maximum atomic E-state index is 14.0. The summed E-state index contributed by atoms with van der Waals surface area (Å²) in [5, 5.41) is 2.85. The number of halogens is 1. The molecule has 0 saturated carbocycles. The molecular formula is C15H25FN2O2S. The zero-order valence-corrected chi connectivity index (χ0v) is 14.4. The molecule has 6 heteroatoms. The number of aryl methyl sites for hydroxylation is 1. The van der Waals surface area contributed by atoms with Gasteiger partial charge in [-0.15, -0.1) is 0 Å². The number of hydrogen-bond acceptors (Lipinski definition) is 3. The maximum Gasteiger partial charge on any atom is 0.243 e. The standard InChI is InChI=1S/C15H25FN2O2S/c1-7-15(3,4)18(6)21(19,20)13-8-11(2)14(16)12(9-13)10-17-5/h8-9,17H,7,10H2,1-6H3. The Morgan fingerprint density at radius 3 is 2.38 bits per heavy atom. The van der Waals surface area contributed by atoms with Gasteiger partial charge in [0.05, 0.1) is 4.90 Å². The minimum absolute atomic E-state index is 0.135. The van der Waals surface area contributed by atoms with Gasteiger partial charge in [0, 0.05) is 24.7 Å². The van der Waals surface area contributed by atoms with Gasteiger partial charge in [0.15, 0.2) is 0 Å². The second-order valence-electron chi connectivity index (χ2n) is 5.88. The van der Waals surface area contributed by atoms with Crippen molar-refractivity contribution < 1.29 is 12.8 Å². The Morgan fingerprint density at radius 1 is 1.33 bits per heavy atom. The monoisotopic (exact) mass is 316 g/mol. The SMILES string of the molecule is CCC(C)(C)N(C)S(=O)(=O)c1cc(C)c(F)c(CNC)c1. The molecule has 0 aliphatic heterocycles. The summed E-state index contributed by atoms with van der Waals surface area (Å²) < 4.78 is 40.8. The minimum Gasteiger partial charge on any atom is -0.316 e. The molecule has 1 rings (SSSR count). The van der Waals surface area contributed by atoms with E-state index in [9.17, 15) is 12.8 Å². The van der Waals surface area contributed by atoms with Gasteiger partial charge in [-0.1, -0.05) is 6.92 Å². The van der Waals surface area contributed by atoms with Crippen molar-refractivity contribution in [1.29, 1.82) is 0 Å². The molecule has 0 saturated heterocycles. The fraction of sp³-hybridized carbons (Fsp3) is 0.600. The van der Waals surface area contributed by atoms with Gasteiger partial charge >= 0.3 is 0 Å². The summed E-state index contributed by atoms with van der Waals surface area (Å²) in [6.07, 6.45) is 0.687. The predicted octanol–water partition coefficient (Wildman–Crippen LogP) is 2.66. The lowest BCUT2D eigenvalue weighted by Crippen LogP contribution is -2.44. The van der Waals surface area contributed by atoms with Crippen LogP contribution in [0.2, 0.25) is 0 Å². The van der Waals surface area contributed by atoms with Crippen LogP contribution in [0.25, 0.3) is 0 Å². The summed E-state index contributed by atoms with van der Waals surface area (Å²) in [7, 11) is -0.389. The molecule has 0 radical (unpaired) electrons. The van der Waals surface area contributed by atoms with Crippen LogP contribution in [0.1, 0.15) is 38.3 Å². The van der Waals surface area contributed by atoms with Crippen LogP contribution >= 0.6 is 0 Å². The molecule has 0 unspecified atom stereocenters. The molecule has 0 bridgehead atoms.